The first-order chi connectivity index (χ1) is 12.0. The number of nitrogens with zero attached hydrogens (tertiary/aromatic N) is 3. The Morgan fingerprint density at radius 1 is 1.24 bits per heavy atom. The largest absolute Gasteiger partial charge is 0.336 e. The molecule has 1 fully saturated rings. The lowest BCUT2D eigenvalue weighted by Gasteiger charge is -2.17. The van der Waals surface area contributed by atoms with E-state index >= 15 is 0 Å². The summed E-state index contributed by atoms with van der Waals surface area (Å²) in [6.07, 6.45) is 3.60. The molecular weight excluding hydrogens is 336 g/mol. The Bertz CT molecular complexity index is 770. The van der Waals surface area contributed by atoms with Crippen molar-refractivity contribution in [2.24, 2.45) is 0 Å². The Morgan fingerprint density at radius 3 is 2.56 bits per heavy atom. The molecule has 1 aromatic carbocycles. The number of urea groups is 1. The van der Waals surface area contributed by atoms with Gasteiger partial charge in [-0.05, 0) is 30.5 Å². The highest BCUT2D eigenvalue weighted by atomic mass is 32.2. The quantitative estimate of drug-likeness (QED) is 0.834. The third kappa shape index (κ3) is 3.71. The summed E-state index contributed by atoms with van der Waals surface area (Å²) in [7, 11) is 0. The summed E-state index contributed by atoms with van der Waals surface area (Å²) >= 11 is 1.36. The van der Waals surface area contributed by atoms with Gasteiger partial charge in [-0.3, -0.25) is 14.3 Å². The first-order valence-corrected chi connectivity index (χ1v) is 9.25. The summed E-state index contributed by atoms with van der Waals surface area (Å²) in [6, 6.07) is 8.02. The maximum atomic E-state index is 12.5. The third-order valence-corrected chi connectivity index (χ3v) is 5.27. The van der Waals surface area contributed by atoms with Gasteiger partial charge in [0.1, 0.15) is 0 Å². The number of thioether (sulfide) groups is 1. The molecule has 0 bridgehead atoms. The number of hydrogen-bond acceptors (Lipinski definition) is 4. The maximum Gasteiger partial charge on any atom is 0.324 e. The fraction of sp³-hybridized carbons (Fsp3) is 0.389. The zero-order chi connectivity index (χ0) is 18.0. The lowest BCUT2D eigenvalue weighted by atomic mass is 10.0. The van der Waals surface area contributed by atoms with E-state index in [9.17, 15) is 9.59 Å². The smallest absolute Gasteiger partial charge is 0.324 e. The van der Waals surface area contributed by atoms with Crippen LogP contribution < -0.4 is 5.32 Å². The van der Waals surface area contributed by atoms with Crippen LogP contribution in [0.25, 0.3) is 5.69 Å². The van der Waals surface area contributed by atoms with Crippen molar-refractivity contribution in [3.8, 4) is 5.69 Å². The first kappa shape index (κ1) is 17.5. The van der Waals surface area contributed by atoms with Crippen LogP contribution in [-0.2, 0) is 4.79 Å². The number of carbonyl (C=O) groups is 2. The highest BCUT2D eigenvalue weighted by Crippen LogP contribution is 2.26. The number of amides is 3. The van der Waals surface area contributed by atoms with Gasteiger partial charge in [-0.15, -0.1) is 0 Å². The van der Waals surface area contributed by atoms with E-state index in [0.717, 1.165) is 10.8 Å². The molecule has 0 aliphatic carbocycles. The highest BCUT2D eigenvalue weighted by Gasteiger charge is 2.30. The molecule has 132 valence electrons. The van der Waals surface area contributed by atoms with Crippen molar-refractivity contribution in [2.45, 2.75) is 37.1 Å². The molecular formula is C18H22N4O2S. The van der Waals surface area contributed by atoms with Crippen molar-refractivity contribution in [3.05, 3.63) is 42.2 Å². The Hall–Kier alpha value is -2.28. The van der Waals surface area contributed by atoms with Crippen molar-refractivity contribution < 1.29 is 9.59 Å². The highest BCUT2D eigenvalue weighted by molar-refractivity contribution is 8.00. The van der Waals surface area contributed by atoms with Crippen LogP contribution in [0, 0.1) is 0 Å². The van der Waals surface area contributed by atoms with Gasteiger partial charge in [0.25, 0.3) is 0 Å². The van der Waals surface area contributed by atoms with Gasteiger partial charge in [-0.25, -0.2) is 9.78 Å². The number of imidazole rings is 1. The SMILES string of the molecule is CC(C)c1ccc(-n2ccnc2S[C@H](C)C(=O)N2CCNC2=O)cc1. The topological polar surface area (TPSA) is 67.2 Å². The minimum atomic E-state index is -0.389. The van der Waals surface area contributed by atoms with Crippen LogP contribution in [0.15, 0.2) is 41.8 Å². The summed E-state index contributed by atoms with van der Waals surface area (Å²) in [5, 5.41) is 3.00. The molecule has 6 nitrogen and oxygen atoms in total. The average Bonchev–Trinajstić information content (AvgIpc) is 3.23. The number of hydrogen-bond donors (Lipinski definition) is 1. The van der Waals surface area contributed by atoms with E-state index in [2.05, 4.69) is 48.4 Å². The van der Waals surface area contributed by atoms with Crippen molar-refractivity contribution in [2.75, 3.05) is 13.1 Å². The van der Waals surface area contributed by atoms with Crippen molar-refractivity contribution in [1.82, 2.24) is 19.8 Å². The second-order valence-corrected chi connectivity index (χ2v) is 7.62. The van der Waals surface area contributed by atoms with Crippen LogP contribution in [0.3, 0.4) is 0 Å². The lowest BCUT2D eigenvalue weighted by Crippen LogP contribution is -2.39. The number of nitrogens with one attached hydrogen (secondary N) is 1. The van der Waals surface area contributed by atoms with Gasteiger partial charge >= 0.3 is 6.03 Å². The fourth-order valence-corrected chi connectivity index (χ4v) is 3.65. The summed E-state index contributed by atoms with van der Waals surface area (Å²) in [6.45, 7) is 7.07. The van der Waals surface area contributed by atoms with Gasteiger partial charge in [0.05, 0.1) is 5.25 Å². The van der Waals surface area contributed by atoms with Crippen molar-refractivity contribution in [3.63, 3.8) is 0 Å². The standard InChI is InChI=1S/C18H22N4O2S/c1-12(2)14-4-6-15(7-5-14)21-10-9-20-18(21)25-13(3)16(23)22-11-8-19-17(22)24/h4-7,9-10,12-13H,8,11H2,1-3H3,(H,19,24)/t13-/m1/s1. The lowest BCUT2D eigenvalue weighted by molar-refractivity contribution is -0.126. The summed E-state index contributed by atoms with van der Waals surface area (Å²) < 4.78 is 1.96. The number of rotatable bonds is 5. The molecule has 1 atom stereocenters. The molecule has 0 saturated carbocycles. The Labute approximate surface area is 151 Å². The zero-order valence-corrected chi connectivity index (χ0v) is 15.4. The number of benzene rings is 1. The van der Waals surface area contributed by atoms with E-state index in [1.165, 1.54) is 22.2 Å². The van der Waals surface area contributed by atoms with Crippen LogP contribution in [0.4, 0.5) is 4.79 Å². The molecule has 0 spiro atoms. The molecule has 2 heterocycles. The number of aromatic nitrogens is 2. The Kier molecular flexibility index (Phi) is 5.13. The molecule has 1 saturated heterocycles. The molecule has 3 amide bonds. The van der Waals surface area contributed by atoms with Gasteiger partial charge < -0.3 is 5.32 Å². The van der Waals surface area contributed by atoms with E-state index < -0.39 is 0 Å². The van der Waals surface area contributed by atoms with Crippen molar-refractivity contribution >= 4 is 23.7 Å². The Morgan fingerprint density at radius 2 is 1.96 bits per heavy atom. The molecule has 0 radical (unpaired) electrons. The van der Waals surface area contributed by atoms with Crippen LogP contribution in [-0.4, -0.2) is 44.7 Å². The molecule has 1 aliphatic rings. The second-order valence-electron chi connectivity index (χ2n) is 6.31. The summed E-state index contributed by atoms with van der Waals surface area (Å²) in [5.41, 5.74) is 2.28. The van der Waals surface area contributed by atoms with Gasteiger partial charge in [-0.2, -0.15) is 0 Å². The van der Waals surface area contributed by atoms with Crippen LogP contribution in [0.1, 0.15) is 32.3 Å². The number of imide groups is 1. The Balaban J connectivity index is 1.75. The zero-order valence-electron chi connectivity index (χ0n) is 14.6. The van der Waals surface area contributed by atoms with Gasteiger partial charge in [-0.1, -0.05) is 37.7 Å². The second kappa shape index (κ2) is 7.31. The molecule has 7 heteroatoms. The molecule has 0 unspecified atom stereocenters. The van der Waals surface area contributed by atoms with Crippen LogP contribution >= 0.6 is 11.8 Å². The van der Waals surface area contributed by atoms with Crippen molar-refractivity contribution in [1.29, 1.82) is 0 Å². The molecule has 1 aromatic heterocycles. The normalized spacial score (nSPS) is 15.5. The minimum absolute atomic E-state index is 0.190. The molecule has 1 aliphatic heterocycles. The average molecular weight is 358 g/mol. The van der Waals surface area contributed by atoms with Crippen LogP contribution in [0.5, 0.6) is 0 Å². The van der Waals surface area contributed by atoms with E-state index in [4.69, 9.17) is 0 Å². The van der Waals surface area contributed by atoms with Gasteiger partial charge in [0.15, 0.2) is 5.16 Å². The molecule has 3 rings (SSSR count). The van der Waals surface area contributed by atoms with E-state index in [-0.39, 0.29) is 17.2 Å². The minimum Gasteiger partial charge on any atom is -0.336 e. The molecule has 1 N–H and O–H groups in total. The predicted molar refractivity (Wildman–Crippen MR) is 98.1 cm³/mol. The molecule has 25 heavy (non-hydrogen) atoms. The monoisotopic (exact) mass is 358 g/mol. The van der Waals surface area contributed by atoms with Gasteiger partial charge in [0.2, 0.25) is 5.91 Å². The summed E-state index contributed by atoms with van der Waals surface area (Å²) in [5.74, 6) is 0.291. The van der Waals surface area contributed by atoms with E-state index in [1.807, 2.05) is 10.8 Å². The van der Waals surface area contributed by atoms with Crippen LogP contribution in [0.2, 0.25) is 0 Å². The summed E-state index contributed by atoms with van der Waals surface area (Å²) in [4.78, 5) is 29.8. The van der Waals surface area contributed by atoms with E-state index in [1.54, 1.807) is 13.1 Å². The van der Waals surface area contributed by atoms with E-state index in [0.29, 0.717) is 19.0 Å². The maximum absolute atomic E-state index is 12.5. The van der Waals surface area contributed by atoms with Gasteiger partial charge in [0, 0.05) is 31.2 Å². The number of carbonyl (C=O) groups excluding carboxylic acids is 2. The predicted octanol–water partition coefficient (Wildman–Crippen LogP) is 3.03. The third-order valence-electron chi connectivity index (χ3n) is 4.20. The fourth-order valence-electron chi connectivity index (χ4n) is 2.70. The molecule has 2 aromatic rings. The first-order valence-electron chi connectivity index (χ1n) is 8.37.